The Labute approximate surface area is 166 Å². The lowest BCUT2D eigenvalue weighted by Gasteiger charge is -2.17. The summed E-state index contributed by atoms with van der Waals surface area (Å²) in [6.45, 7) is 4.96. The molecule has 0 aromatic carbocycles. The first kappa shape index (κ1) is 19.0. The van der Waals surface area contributed by atoms with Crippen LogP contribution in [0, 0.1) is 6.92 Å². The fraction of sp³-hybridized carbons (Fsp3) is 0.300. The zero-order chi connectivity index (χ0) is 20.5. The summed E-state index contributed by atoms with van der Waals surface area (Å²) < 4.78 is 30.7. The van der Waals surface area contributed by atoms with Crippen LogP contribution in [0.4, 0.5) is 14.7 Å². The van der Waals surface area contributed by atoms with Gasteiger partial charge in [0.2, 0.25) is 5.95 Å². The Bertz CT molecular complexity index is 1120. The molecule has 4 rings (SSSR count). The van der Waals surface area contributed by atoms with Crippen LogP contribution in [-0.2, 0) is 13.1 Å². The van der Waals surface area contributed by atoms with Crippen LogP contribution in [0.15, 0.2) is 42.9 Å². The van der Waals surface area contributed by atoms with Gasteiger partial charge in [-0.15, -0.1) is 0 Å². The van der Waals surface area contributed by atoms with Crippen LogP contribution >= 0.6 is 0 Å². The molecule has 4 aromatic rings. The number of alkyl halides is 2. The van der Waals surface area contributed by atoms with E-state index in [1.54, 1.807) is 22.8 Å². The number of halogens is 2. The van der Waals surface area contributed by atoms with E-state index in [0.717, 1.165) is 22.6 Å². The van der Waals surface area contributed by atoms with Crippen molar-refractivity contribution >= 4 is 11.6 Å². The van der Waals surface area contributed by atoms with E-state index < -0.39 is 6.43 Å². The average Bonchev–Trinajstić information content (AvgIpc) is 3.29. The Kier molecular flexibility index (Phi) is 4.96. The Morgan fingerprint density at radius 3 is 2.69 bits per heavy atom. The number of aromatic nitrogens is 6. The molecule has 0 atom stereocenters. The average molecular weight is 397 g/mol. The quantitative estimate of drug-likeness (QED) is 0.494. The number of fused-ring (bicyclic) bond motifs is 1. The number of hydrogen-bond donors (Lipinski definition) is 0. The molecule has 0 fully saturated rings. The van der Waals surface area contributed by atoms with Gasteiger partial charge in [0.25, 0.3) is 6.43 Å². The van der Waals surface area contributed by atoms with Crippen LogP contribution in [-0.4, -0.2) is 36.2 Å². The van der Waals surface area contributed by atoms with Crippen molar-refractivity contribution in [2.45, 2.75) is 33.4 Å². The molecule has 0 aliphatic carbocycles. The van der Waals surface area contributed by atoms with Gasteiger partial charge in [-0.25, -0.2) is 23.7 Å². The molecular formula is C20H21F2N7. The normalized spacial score (nSPS) is 11.5. The number of anilines is 1. The molecule has 4 heterocycles. The summed E-state index contributed by atoms with van der Waals surface area (Å²) in [4.78, 5) is 14.9. The fourth-order valence-electron chi connectivity index (χ4n) is 3.27. The minimum Gasteiger partial charge on any atom is -0.338 e. The maximum absolute atomic E-state index is 13.5. The summed E-state index contributed by atoms with van der Waals surface area (Å²) in [5.41, 5.74) is 3.33. The van der Waals surface area contributed by atoms with E-state index in [0.29, 0.717) is 18.8 Å². The second kappa shape index (κ2) is 7.57. The van der Waals surface area contributed by atoms with Crippen LogP contribution in [0.25, 0.3) is 16.9 Å². The highest BCUT2D eigenvalue weighted by Crippen LogP contribution is 2.28. The highest BCUT2D eigenvalue weighted by atomic mass is 19.3. The van der Waals surface area contributed by atoms with E-state index in [-0.39, 0.29) is 11.6 Å². The molecule has 4 aromatic heterocycles. The van der Waals surface area contributed by atoms with Gasteiger partial charge in [0.05, 0.1) is 24.1 Å². The molecule has 0 saturated heterocycles. The van der Waals surface area contributed by atoms with E-state index in [2.05, 4.69) is 20.1 Å². The second-order valence-corrected chi connectivity index (χ2v) is 6.79. The summed E-state index contributed by atoms with van der Waals surface area (Å²) in [7, 11) is 1.76. The lowest BCUT2D eigenvalue weighted by atomic mass is 10.1. The van der Waals surface area contributed by atoms with Gasteiger partial charge in [0.15, 0.2) is 0 Å². The van der Waals surface area contributed by atoms with Gasteiger partial charge < -0.3 is 9.30 Å². The second-order valence-electron chi connectivity index (χ2n) is 6.79. The number of nitrogens with zero attached hydrogens (tertiary/aromatic N) is 7. The van der Waals surface area contributed by atoms with Crippen molar-refractivity contribution in [3.63, 3.8) is 0 Å². The summed E-state index contributed by atoms with van der Waals surface area (Å²) in [5.74, 6) is 0.221. The highest BCUT2D eigenvalue weighted by Gasteiger charge is 2.19. The number of hydrogen-bond acceptors (Lipinski definition) is 5. The van der Waals surface area contributed by atoms with Crippen molar-refractivity contribution in [1.29, 1.82) is 0 Å². The standard InChI is InChI=1S/C20H21F2N7/c1-4-29-13(2)15(10-23-29)16-9-17(19(21)22)26-20(25-16)27(3)11-14-12-28-8-6-5-7-18(28)24-14/h5-10,12,19H,4,11H2,1-3H3. The van der Waals surface area contributed by atoms with Gasteiger partial charge in [-0.2, -0.15) is 5.10 Å². The minimum atomic E-state index is -2.69. The first-order valence-electron chi connectivity index (χ1n) is 9.30. The molecule has 0 spiro atoms. The SMILES string of the molecule is CCn1ncc(-c2cc(C(F)F)nc(N(C)Cc3cn4ccccc4n3)n2)c1C. The van der Waals surface area contributed by atoms with E-state index in [1.165, 1.54) is 6.07 Å². The van der Waals surface area contributed by atoms with E-state index in [4.69, 9.17) is 0 Å². The van der Waals surface area contributed by atoms with Crippen LogP contribution in [0.2, 0.25) is 0 Å². The van der Waals surface area contributed by atoms with Crippen molar-refractivity contribution in [2.75, 3.05) is 11.9 Å². The number of aryl methyl sites for hydroxylation is 1. The maximum atomic E-state index is 13.5. The molecule has 0 N–H and O–H groups in total. The van der Waals surface area contributed by atoms with Gasteiger partial charge in [-0.1, -0.05) is 6.07 Å². The van der Waals surface area contributed by atoms with Gasteiger partial charge in [-0.3, -0.25) is 4.68 Å². The van der Waals surface area contributed by atoms with Gasteiger partial charge in [0, 0.05) is 37.2 Å². The Morgan fingerprint density at radius 1 is 1.17 bits per heavy atom. The molecule has 0 unspecified atom stereocenters. The Morgan fingerprint density at radius 2 is 2.00 bits per heavy atom. The smallest absolute Gasteiger partial charge is 0.280 e. The van der Waals surface area contributed by atoms with E-state index >= 15 is 0 Å². The number of imidazole rings is 1. The molecule has 29 heavy (non-hydrogen) atoms. The minimum absolute atomic E-state index is 0.221. The lowest BCUT2D eigenvalue weighted by Crippen LogP contribution is -2.20. The molecule has 0 aliphatic rings. The third kappa shape index (κ3) is 3.67. The zero-order valence-corrected chi connectivity index (χ0v) is 16.4. The lowest BCUT2D eigenvalue weighted by molar-refractivity contribution is 0.146. The Balaban J connectivity index is 1.69. The summed E-state index contributed by atoms with van der Waals surface area (Å²) in [5, 5.41) is 4.29. The number of rotatable bonds is 6. The maximum Gasteiger partial charge on any atom is 0.280 e. The third-order valence-corrected chi connectivity index (χ3v) is 4.79. The van der Waals surface area contributed by atoms with Gasteiger partial charge >= 0.3 is 0 Å². The molecule has 7 nitrogen and oxygen atoms in total. The summed E-state index contributed by atoms with van der Waals surface area (Å²) in [6, 6.07) is 7.07. The van der Waals surface area contributed by atoms with Gasteiger partial charge in [0.1, 0.15) is 11.3 Å². The fourth-order valence-corrected chi connectivity index (χ4v) is 3.27. The first-order valence-corrected chi connectivity index (χ1v) is 9.30. The third-order valence-electron chi connectivity index (χ3n) is 4.79. The van der Waals surface area contributed by atoms with Crippen LogP contribution in [0.5, 0.6) is 0 Å². The molecule has 0 aliphatic heterocycles. The van der Waals surface area contributed by atoms with Crippen molar-refractivity contribution in [2.24, 2.45) is 0 Å². The molecular weight excluding hydrogens is 376 g/mol. The van der Waals surface area contributed by atoms with Crippen molar-refractivity contribution in [3.8, 4) is 11.3 Å². The first-order chi connectivity index (χ1) is 14.0. The van der Waals surface area contributed by atoms with E-state index in [1.807, 2.05) is 48.8 Å². The van der Waals surface area contributed by atoms with Crippen molar-refractivity contribution < 1.29 is 8.78 Å². The van der Waals surface area contributed by atoms with Crippen molar-refractivity contribution in [1.82, 2.24) is 29.1 Å². The summed E-state index contributed by atoms with van der Waals surface area (Å²) in [6.07, 6.45) is 2.77. The zero-order valence-electron chi connectivity index (χ0n) is 16.4. The van der Waals surface area contributed by atoms with Crippen LogP contribution < -0.4 is 4.90 Å². The van der Waals surface area contributed by atoms with Gasteiger partial charge in [-0.05, 0) is 32.0 Å². The molecule has 0 saturated carbocycles. The topological polar surface area (TPSA) is 64.1 Å². The molecule has 9 heteroatoms. The molecule has 0 bridgehead atoms. The Hall–Kier alpha value is -3.36. The summed E-state index contributed by atoms with van der Waals surface area (Å²) >= 11 is 0. The predicted octanol–water partition coefficient (Wildman–Crippen LogP) is 3.89. The molecule has 0 amide bonds. The predicted molar refractivity (Wildman–Crippen MR) is 106 cm³/mol. The monoisotopic (exact) mass is 397 g/mol. The van der Waals surface area contributed by atoms with Crippen LogP contribution in [0.3, 0.4) is 0 Å². The number of pyridine rings is 1. The molecule has 150 valence electrons. The van der Waals surface area contributed by atoms with Crippen molar-refractivity contribution in [3.05, 3.63) is 59.9 Å². The molecule has 0 radical (unpaired) electrons. The highest BCUT2D eigenvalue weighted by molar-refractivity contribution is 5.63. The van der Waals surface area contributed by atoms with E-state index in [9.17, 15) is 8.78 Å². The van der Waals surface area contributed by atoms with Crippen LogP contribution in [0.1, 0.15) is 30.4 Å². The largest absolute Gasteiger partial charge is 0.338 e.